The van der Waals surface area contributed by atoms with Gasteiger partial charge in [-0.15, -0.1) is 0 Å². The van der Waals surface area contributed by atoms with Gasteiger partial charge in [-0.05, 0) is 32.1 Å². The zero-order chi connectivity index (χ0) is 33.8. The van der Waals surface area contributed by atoms with Crippen molar-refractivity contribution in [1.82, 2.24) is 30.2 Å². The van der Waals surface area contributed by atoms with Crippen LogP contribution in [0.4, 0.5) is 0 Å². The monoisotopic (exact) mass is 692 g/mol. The molecule has 4 heterocycles. The molecule has 48 heavy (non-hydrogen) atoms. The van der Waals surface area contributed by atoms with E-state index in [-0.39, 0.29) is 24.6 Å². The number of β-amino-alcohol motifs (C(OH)–C–C–N with tert-alkyl or cyclic N) is 1. The molecule has 1 amide bonds. The summed E-state index contributed by atoms with van der Waals surface area (Å²) in [5, 5.41) is 23.7. The number of benzene rings is 2. The second kappa shape index (κ2) is 15.1. The van der Waals surface area contributed by atoms with E-state index in [4.69, 9.17) is 42.6 Å². The molecule has 2 fully saturated rings. The van der Waals surface area contributed by atoms with Gasteiger partial charge in [0, 0.05) is 53.8 Å². The van der Waals surface area contributed by atoms with Crippen LogP contribution in [0.2, 0.25) is 10.0 Å². The number of nitrogens with one attached hydrogen (secondary N) is 1. The Labute approximate surface area is 289 Å². The SMILES string of the molecule is COc1nc(-c2cccc(-c3cccc(-c4cnc(CN5C[C@H](O)C[C@H]5CO)c(OC)n4)c3Cl)c2Cl)cnc1CCC[C@@H]1CCC(=O)N1. The predicted octanol–water partition coefficient (Wildman–Crippen LogP) is 5.12. The van der Waals surface area contributed by atoms with E-state index < -0.39 is 6.10 Å². The Hall–Kier alpha value is -3.87. The second-order valence-corrected chi connectivity index (χ2v) is 12.9. The summed E-state index contributed by atoms with van der Waals surface area (Å²) in [5.41, 5.74) is 5.20. The second-order valence-electron chi connectivity index (χ2n) is 12.1. The lowest BCUT2D eigenvalue weighted by atomic mass is 9.98. The Kier molecular flexibility index (Phi) is 10.7. The van der Waals surface area contributed by atoms with E-state index in [1.807, 2.05) is 41.3 Å². The Morgan fingerprint density at radius 2 is 1.50 bits per heavy atom. The van der Waals surface area contributed by atoms with Crippen molar-refractivity contribution in [2.45, 2.75) is 63.3 Å². The van der Waals surface area contributed by atoms with E-state index in [1.165, 1.54) is 7.11 Å². The molecule has 0 saturated carbocycles. The van der Waals surface area contributed by atoms with Gasteiger partial charge in [0.25, 0.3) is 0 Å². The van der Waals surface area contributed by atoms with E-state index in [9.17, 15) is 15.0 Å². The number of aliphatic hydroxyl groups excluding tert-OH is 2. The largest absolute Gasteiger partial charge is 0.480 e. The molecule has 0 radical (unpaired) electrons. The first-order chi connectivity index (χ1) is 23.3. The van der Waals surface area contributed by atoms with Crippen molar-refractivity contribution < 1.29 is 24.5 Å². The van der Waals surface area contributed by atoms with Crippen LogP contribution in [0.15, 0.2) is 48.8 Å². The molecule has 11 nitrogen and oxygen atoms in total. The van der Waals surface area contributed by atoms with Gasteiger partial charge in [0.05, 0.1) is 60.8 Å². The fourth-order valence-corrected chi connectivity index (χ4v) is 7.13. The summed E-state index contributed by atoms with van der Waals surface area (Å²) >= 11 is 14.1. The normalized spacial score (nSPS) is 19.5. The molecule has 0 unspecified atom stereocenters. The van der Waals surface area contributed by atoms with E-state index >= 15 is 0 Å². The van der Waals surface area contributed by atoms with Crippen LogP contribution >= 0.6 is 23.2 Å². The third kappa shape index (κ3) is 7.25. The van der Waals surface area contributed by atoms with Gasteiger partial charge in [0.15, 0.2) is 0 Å². The molecule has 3 atom stereocenters. The number of halogens is 2. The Bertz CT molecular complexity index is 1790. The summed E-state index contributed by atoms with van der Waals surface area (Å²) in [6.45, 7) is 0.770. The molecule has 2 aliphatic heterocycles. The van der Waals surface area contributed by atoms with Crippen LogP contribution in [0.1, 0.15) is 43.5 Å². The zero-order valence-corrected chi connectivity index (χ0v) is 28.3. The molecule has 3 N–H and O–H groups in total. The number of amides is 1. The minimum atomic E-state index is -0.496. The Balaban J connectivity index is 1.24. The van der Waals surface area contributed by atoms with E-state index in [0.29, 0.717) is 93.5 Å². The van der Waals surface area contributed by atoms with Crippen molar-refractivity contribution >= 4 is 29.1 Å². The van der Waals surface area contributed by atoms with Crippen molar-refractivity contribution in [1.29, 1.82) is 0 Å². The number of hydrogen-bond acceptors (Lipinski definition) is 10. The van der Waals surface area contributed by atoms with Gasteiger partial charge in [-0.3, -0.25) is 19.7 Å². The number of aliphatic hydroxyl groups is 2. The van der Waals surface area contributed by atoms with Crippen molar-refractivity contribution in [2.75, 3.05) is 27.4 Å². The number of rotatable bonds is 12. The summed E-state index contributed by atoms with van der Waals surface area (Å²) in [5.74, 6) is 0.896. The molecule has 4 aromatic rings. The van der Waals surface area contributed by atoms with Crippen LogP contribution in [-0.2, 0) is 17.8 Å². The van der Waals surface area contributed by atoms with Crippen LogP contribution in [0.3, 0.4) is 0 Å². The maximum absolute atomic E-state index is 11.5. The number of carbonyl (C=O) groups excluding carboxylic acids is 1. The molecular weight excluding hydrogens is 655 g/mol. The van der Waals surface area contributed by atoms with Gasteiger partial charge in [0.1, 0.15) is 11.4 Å². The quantitative estimate of drug-likeness (QED) is 0.183. The van der Waals surface area contributed by atoms with Gasteiger partial charge in [-0.2, -0.15) is 0 Å². The predicted molar refractivity (Wildman–Crippen MR) is 183 cm³/mol. The van der Waals surface area contributed by atoms with E-state index in [1.54, 1.807) is 19.5 Å². The van der Waals surface area contributed by atoms with Crippen LogP contribution < -0.4 is 14.8 Å². The molecular formula is C35H38Cl2N6O5. The first-order valence-corrected chi connectivity index (χ1v) is 16.8. The van der Waals surface area contributed by atoms with Crippen molar-refractivity contribution in [3.63, 3.8) is 0 Å². The number of aromatic nitrogens is 4. The molecule has 13 heteroatoms. The fraction of sp³-hybridized carbons (Fsp3) is 0.400. The van der Waals surface area contributed by atoms with E-state index in [0.717, 1.165) is 25.0 Å². The number of aryl methyl sites for hydroxylation is 1. The average Bonchev–Trinajstić information content (AvgIpc) is 3.68. The maximum Gasteiger partial charge on any atom is 0.237 e. The lowest BCUT2D eigenvalue weighted by Gasteiger charge is -2.22. The highest BCUT2D eigenvalue weighted by atomic mass is 35.5. The van der Waals surface area contributed by atoms with Gasteiger partial charge in [-0.1, -0.05) is 59.6 Å². The molecule has 2 saturated heterocycles. The molecule has 252 valence electrons. The third-order valence-electron chi connectivity index (χ3n) is 8.97. The lowest BCUT2D eigenvalue weighted by Crippen LogP contribution is -2.32. The average molecular weight is 694 g/mol. The molecule has 6 rings (SSSR count). The lowest BCUT2D eigenvalue weighted by molar-refractivity contribution is -0.119. The molecule has 0 aliphatic carbocycles. The van der Waals surface area contributed by atoms with E-state index in [2.05, 4.69) is 15.3 Å². The minimum absolute atomic E-state index is 0.0498. The van der Waals surface area contributed by atoms with Crippen LogP contribution in [0, 0.1) is 0 Å². The number of likely N-dealkylation sites (tertiary alicyclic amines) is 1. The first kappa shape index (κ1) is 34.0. The summed E-state index contributed by atoms with van der Waals surface area (Å²) in [6, 6.07) is 11.4. The third-order valence-corrected chi connectivity index (χ3v) is 9.78. The minimum Gasteiger partial charge on any atom is -0.480 e. The van der Waals surface area contributed by atoms with Crippen LogP contribution in [0.5, 0.6) is 11.8 Å². The molecule has 0 spiro atoms. The first-order valence-electron chi connectivity index (χ1n) is 16.0. The zero-order valence-electron chi connectivity index (χ0n) is 26.8. The smallest absolute Gasteiger partial charge is 0.237 e. The number of carbonyl (C=O) groups is 1. The number of methoxy groups -OCH3 is 2. The molecule has 0 bridgehead atoms. The number of hydrogen-bond donors (Lipinski definition) is 3. The molecule has 2 aliphatic rings. The summed E-state index contributed by atoms with van der Waals surface area (Å²) < 4.78 is 11.2. The Morgan fingerprint density at radius 3 is 2.06 bits per heavy atom. The highest BCUT2D eigenvalue weighted by Crippen LogP contribution is 2.42. The van der Waals surface area contributed by atoms with Crippen LogP contribution in [-0.4, -0.2) is 86.5 Å². The summed E-state index contributed by atoms with van der Waals surface area (Å²) in [6.07, 6.45) is 7.23. The Morgan fingerprint density at radius 1 is 0.917 bits per heavy atom. The van der Waals surface area contributed by atoms with Crippen LogP contribution in [0.25, 0.3) is 33.6 Å². The highest BCUT2D eigenvalue weighted by Gasteiger charge is 2.31. The van der Waals surface area contributed by atoms with Gasteiger partial charge < -0.3 is 25.0 Å². The number of ether oxygens (including phenoxy) is 2. The van der Waals surface area contributed by atoms with Crippen molar-refractivity contribution in [3.05, 3.63) is 70.2 Å². The van der Waals surface area contributed by atoms with Gasteiger partial charge >= 0.3 is 0 Å². The number of nitrogens with zero attached hydrogens (tertiary/aromatic N) is 5. The maximum atomic E-state index is 11.5. The summed E-state index contributed by atoms with van der Waals surface area (Å²) in [7, 11) is 3.11. The fourth-order valence-electron chi connectivity index (χ4n) is 6.48. The molecule has 2 aromatic carbocycles. The summed E-state index contributed by atoms with van der Waals surface area (Å²) in [4.78, 5) is 32.3. The van der Waals surface area contributed by atoms with Crippen molar-refractivity contribution in [2.24, 2.45) is 0 Å². The topological polar surface area (TPSA) is 143 Å². The standard InChI is InChI=1S/C35H38Cl2N6O5/c1-47-34-27(11-3-6-20-12-13-31(46)40-20)38-15-28(41-34)25-9-4-7-23(32(25)36)24-8-5-10-26(33(24)37)29-16-39-30(35(42-29)48-2)18-43-17-22(45)14-21(43)19-44/h4-5,7-10,15-16,20-22,44-45H,3,6,11-14,17-19H2,1-2H3,(H,40,46)/t20-,21+,22-/m1/s1. The van der Waals surface area contributed by atoms with Gasteiger partial charge in [-0.25, -0.2) is 9.97 Å². The molecule has 2 aromatic heterocycles. The van der Waals surface area contributed by atoms with Gasteiger partial charge in [0.2, 0.25) is 17.7 Å². The van der Waals surface area contributed by atoms with Crippen molar-refractivity contribution in [3.8, 4) is 45.4 Å². The highest BCUT2D eigenvalue weighted by molar-refractivity contribution is 6.39.